The Balaban J connectivity index is 2.92. The minimum Gasteiger partial charge on any atom is -0.465 e. The highest BCUT2D eigenvalue weighted by Crippen LogP contribution is 2.25. The van der Waals surface area contributed by atoms with E-state index in [0.29, 0.717) is 24.8 Å². The summed E-state index contributed by atoms with van der Waals surface area (Å²) in [7, 11) is 0. The van der Waals surface area contributed by atoms with Crippen molar-refractivity contribution in [1.29, 1.82) is 0 Å². The number of esters is 2. The van der Waals surface area contributed by atoms with Crippen LogP contribution < -0.4 is 0 Å². The highest BCUT2D eigenvalue weighted by molar-refractivity contribution is 6.01. The molecule has 1 rings (SSSR count). The summed E-state index contributed by atoms with van der Waals surface area (Å²) in [6.07, 6.45) is 3.04. The van der Waals surface area contributed by atoms with Gasteiger partial charge in [-0.05, 0) is 38.3 Å². The van der Waals surface area contributed by atoms with E-state index in [4.69, 9.17) is 9.47 Å². The zero-order valence-corrected chi connectivity index (χ0v) is 10.7. The molecule has 0 aromatic rings. The summed E-state index contributed by atoms with van der Waals surface area (Å²) >= 11 is 0. The maximum atomic E-state index is 11.8. The van der Waals surface area contributed by atoms with Crippen molar-refractivity contribution in [3.63, 3.8) is 0 Å². The first kappa shape index (κ1) is 14.4. The summed E-state index contributed by atoms with van der Waals surface area (Å²) in [5.74, 6) is -2.43. The first-order chi connectivity index (χ1) is 8.60. The van der Waals surface area contributed by atoms with Crippen molar-refractivity contribution in [1.82, 2.24) is 0 Å². The monoisotopic (exact) mass is 254 g/mol. The number of ether oxygens (including phenoxy) is 2. The molecule has 0 spiro atoms. The summed E-state index contributed by atoms with van der Waals surface area (Å²) in [4.78, 5) is 34.9. The molecule has 0 bridgehead atoms. The van der Waals surface area contributed by atoms with E-state index in [-0.39, 0.29) is 19.0 Å². The van der Waals surface area contributed by atoms with Gasteiger partial charge >= 0.3 is 11.9 Å². The molecule has 0 saturated heterocycles. The Hall–Kier alpha value is -1.65. The van der Waals surface area contributed by atoms with Crippen molar-refractivity contribution in [2.75, 3.05) is 13.2 Å². The number of rotatable bonds is 5. The largest absolute Gasteiger partial charge is 0.465 e. The number of hydrogen-bond acceptors (Lipinski definition) is 5. The molecule has 0 aromatic carbocycles. The van der Waals surface area contributed by atoms with E-state index in [0.717, 1.165) is 0 Å². The standard InChI is InChI=1S/C13H18O5/c1-3-17-12(15)11(13(16)18-4-2)9-6-5-7-10(14)8-9/h8,11H,3-7H2,1-2H3. The Kier molecular flexibility index (Phi) is 5.55. The predicted octanol–water partition coefficient (Wildman–Crippen LogP) is 1.41. The van der Waals surface area contributed by atoms with Crippen molar-refractivity contribution in [3.8, 4) is 0 Å². The molecule has 0 fully saturated rings. The van der Waals surface area contributed by atoms with Gasteiger partial charge in [0, 0.05) is 6.42 Å². The molecule has 5 nitrogen and oxygen atoms in total. The molecule has 0 atom stereocenters. The Morgan fingerprint density at radius 1 is 1.17 bits per heavy atom. The van der Waals surface area contributed by atoms with Crippen LogP contribution in [0.5, 0.6) is 0 Å². The van der Waals surface area contributed by atoms with E-state index >= 15 is 0 Å². The number of hydrogen-bond donors (Lipinski definition) is 0. The number of carbonyl (C=O) groups excluding carboxylic acids is 3. The first-order valence-electron chi connectivity index (χ1n) is 6.16. The van der Waals surface area contributed by atoms with Gasteiger partial charge in [0.1, 0.15) is 0 Å². The van der Waals surface area contributed by atoms with E-state index in [1.165, 1.54) is 6.08 Å². The number of carbonyl (C=O) groups is 3. The van der Waals surface area contributed by atoms with Crippen LogP contribution in [0.3, 0.4) is 0 Å². The normalized spacial score (nSPS) is 15.3. The number of ketones is 1. The molecule has 0 saturated carbocycles. The second-order valence-corrected chi connectivity index (χ2v) is 3.98. The van der Waals surface area contributed by atoms with Gasteiger partial charge in [0.05, 0.1) is 13.2 Å². The summed E-state index contributed by atoms with van der Waals surface area (Å²) in [6.45, 7) is 3.72. The van der Waals surface area contributed by atoms with Crippen LogP contribution in [0.15, 0.2) is 11.6 Å². The fraction of sp³-hybridized carbons (Fsp3) is 0.615. The van der Waals surface area contributed by atoms with Crippen LogP contribution in [0, 0.1) is 5.92 Å². The zero-order valence-electron chi connectivity index (χ0n) is 10.7. The van der Waals surface area contributed by atoms with Crippen molar-refractivity contribution in [2.24, 2.45) is 5.92 Å². The molecule has 5 heteroatoms. The summed E-state index contributed by atoms with van der Waals surface area (Å²) in [5.41, 5.74) is 0.503. The van der Waals surface area contributed by atoms with Crippen LogP contribution in [0.2, 0.25) is 0 Å². The number of allylic oxidation sites excluding steroid dienone is 1. The van der Waals surface area contributed by atoms with Crippen molar-refractivity contribution < 1.29 is 23.9 Å². The second-order valence-electron chi connectivity index (χ2n) is 3.98. The molecular formula is C13H18O5. The minimum atomic E-state index is -1.09. The summed E-state index contributed by atoms with van der Waals surface area (Å²) in [5, 5.41) is 0. The van der Waals surface area contributed by atoms with Crippen molar-refractivity contribution >= 4 is 17.7 Å². The lowest BCUT2D eigenvalue weighted by atomic mass is 9.88. The predicted molar refractivity (Wildman–Crippen MR) is 63.7 cm³/mol. The second kappa shape index (κ2) is 6.93. The van der Waals surface area contributed by atoms with Gasteiger partial charge in [0.15, 0.2) is 11.7 Å². The molecule has 0 radical (unpaired) electrons. The van der Waals surface area contributed by atoms with Crippen LogP contribution in [0.4, 0.5) is 0 Å². The third kappa shape index (κ3) is 3.68. The van der Waals surface area contributed by atoms with Crippen LogP contribution in [0.25, 0.3) is 0 Å². The topological polar surface area (TPSA) is 69.7 Å². The zero-order chi connectivity index (χ0) is 13.5. The third-order valence-corrected chi connectivity index (χ3v) is 2.65. The van der Waals surface area contributed by atoms with Crippen molar-refractivity contribution in [3.05, 3.63) is 11.6 Å². The Labute approximate surface area is 106 Å². The van der Waals surface area contributed by atoms with Crippen LogP contribution >= 0.6 is 0 Å². The van der Waals surface area contributed by atoms with E-state index in [9.17, 15) is 14.4 Å². The fourth-order valence-electron chi connectivity index (χ4n) is 1.90. The molecule has 100 valence electrons. The van der Waals surface area contributed by atoms with E-state index in [1.807, 2.05) is 0 Å². The SMILES string of the molecule is CCOC(=O)C(C(=O)OCC)C1=CC(=O)CCC1. The van der Waals surface area contributed by atoms with Gasteiger partial charge in [-0.1, -0.05) is 0 Å². The van der Waals surface area contributed by atoms with Gasteiger partial charge in [-0.25, -0.2) is 0 Å². The lowest BCUT2D eigenvalue weighted by Crippen LogP contribution is -2.31. The van der Waals surface area contributed by atoms with Crippen LogP contribution in [-0.2, 0) is 23.9 Å². The summed E-state index contributed by atoms with van der Waals surface area (Å²) in [6, 6.07) is 0. The molecule has 0 heterocycles. The summed E-state index contributed by atoms with van der Waals surface area (Å²) < 4.78 is 9.74. The molecule has 0 unspecified atom stereocenters. The minimum absolute atomic E-state index is 0.0603. The molecule has 1 aliphatic rings. The van der Waals surface area contributed by atoms with Crippen LogP contribution in [0.1, 0.15) is 33.1 Å². The fourth-order valence-corrected chi connectivity index (χ4v) is 1.90. The highest BCUT2D eigenvalue weighted by atomic mass is 16.6. The first-order valence-corrected chi connectivity index (χ1v) is 6.16. The van der Waals surface area contributed by atoms with Gasteiger partial charge in [-0.2, -0.15) is 0 Å². The van der Waals surface area contributed by atoms with E-state index in [1.54, 1.807) is 13.8 Å². The molecule has 1 aliphatic carbocycles. The lowest BCUT2D eigenvalue weighted by Gasteiger charge is -2.19. The molecule has 0 aromatic heterocycles. The Morgan fingerprint density at radius 2 is 1.72 bits per heavy atom. The molecule has 0 amide bonds. The smallest absolute Gasteiger partial charge is 0.324 e. The van der Waals surface area contributed by atoms with Gasteiger partial charge in [0.2, 0.25) is 0 Å². The quantitative estimate of drug-likeness (QED) is 0.548. The highest BCUT2D eigenvalue weighted by Gasteiger charge is 2.34. The van der Waals surface area contributed by atoms with Gasteiger partial charge in [0.25, 0.3) is 0 Å². The van der Waals surface area contributed by atoms with Gasteiger partial charge in [-0.15, -0.1) is 0 Å². The average molecular weight is 254 g/mol. The average Bonchev–Trinajstić information content (AvgIpc) is 2.30. The molecule has 18 heavy (non-hydrogen) atoms. The Bertz CT molecular complexity index is 352. The molecule has 0 aliphatic heterocycles. The maximum absolute atomic E-state index is 11.8. The van der Waals surface area contributed by atoms with E-state index < -0.39 is 17.9 Å². The lowest BCUT2D eigenvalue weighted by molar-refractivity contribution is -0.159. The molecular weight excluding hydrogens is 236 g/mol. The van der Waals surface area contributed by atoms with E-state index in [2.05, 4.69) is 0 Å². The Morgan fingerprint density at radius 3 is 2.17 bits per heavy atom. The molecule has 0 N–H and O–H groups in total. The van der Waals surface area contributed by atoms with Gasteiger partial charge in [-0.3, -0.25) is 14.4 Å². The third-order valence-electron chi connectivity index (χ3n) is 2.65. The van der Waals surface area contributed by atoms with Crippen molar-refractivity contribution in [2.45, 2.75) is 33.1 Å². The van der Waals surface area contributed by atoms with Crippen LogP contribution in [-0.4, -0.2) is 30.9 Å². The maximum Gasteiger partial charge on any atom is 0.324 e. The van der Waals surface area contributed by atoms with Gasteiger partial charge < -0.3 is 9.47 Å².